The van der Waals surface area contributed by atoms with Gasteiger partial charge < -0.3 is 10.5 Å². The average molecular weight is 222 g/mol. The Morgan fingerprint density at radius 3 is 2.67 bits per heavy atom. The molecule has 0 saturated heterocycles. The van der Waals surface area contributed by atoms with Crippen molar-refractivity contribution < 1.29 is 4.74 Å². The standard InChI is InChI=1S/C10H8ClN3O/c11-8-3-2-7(12)6-9(8)15-10-13-4-1-5-14-10/h1-6H,12H2. The fraction of sp³-hybridized carbons (Fsp3) is 0. The van der Waals surface area contributed by atoms with E-state index in [1.807, 2.05) is 0 Å². The minimum atomic E-state index is 0.241. The number of anilines is 1. The Balaban J connectivity index is 2.28. The number of hydrogen-bond acceptors (Lipinski definition) is 4. The number of nitrogens with two attached hydrogens (primary N) is 1. The van der Waals surface area contributed by atoms with Gasteiger partial charge in [-0.1, -0.05) is 11.6 Å². The maximum atomic E-state index is 5.91. The molecule has 1 heterocycles. The number of hydrogen-bond donors (Lipinski definition) is 1. The van der Waals surface area contributed by atoms with Crippen LogP contribution in [-0.2, 0) is 0 Å². The van der Waals surface area contributed by atoms with E-state index >= 15 is 0 Å². The van der Waals surface area contributed by atoms with E-state index in [0.717, 1.165) is 0 Å². The Bertz CT molecular complexity index is 461. The lowest BCUT2D eigenvalue weighted by Gasteiger charge is -2.05. The number of ether oxygens (including phenoxy) is 1. The first-order valence-corrected chi connectivity index (χ1v) is 4.63. The third-order valence-corrected chi connectivity index (χ3v) is 2.01. The predicted octanol–water partition coefficient (Wildman–Crippen LogP) is 2.50. The van der Waals surface area contributed by atoms with Crippen LogP contribution >= 0.6 is 11.6 Å². The Morgan fingerprint density at radius 1 is 1.20 bits per heavy atom. The van der Waals surface area contributed by atoms with Crippen LogP contribution in [0.4, 0.5) is 5.69 Å². The molecule has 0 unspecified atom stereocenters. The Labute approximate surface area is 91.7 Å². The highest BCUT2D eigenvalue weighted by Crippen LogP contribution is 2.29. The van der Waals surface area contributed by atoms with Crippen molar-refractivity contribution in [2.45, 2.75) is 0 Å². The van der Waals surface area contributed by atoms with Crippen LogP contribution in [0.5, 0.6) is 11.8 Å². The predicted molar refractivity (Wildman–Crippen MR) is 58.0 cm³/mol. The second-order valence-corrected chi connectivity index (χ2v) is 3.23. The Morgan fingerprint density at radius 2 is 1.93 bits per heavy atom. The highest BCUT2D eigenvalue weighted by atomic mass is 35.5. The molecule has 15 heavy (non-hydrogen) atoms. The van der Waals surface area contributed by atoms with Crippen molar-refractivity contribution in [2.75, 3.05) is 5.73 Å². The van der Waals surface area contributed by atoms with E-state index in [0.29, 0.717) is 16.5 Å². The largest absolute Gasteiger partial charge is 0.423 e. The van der Waals surface area contributed by atoms with Crippen molar-refractivity contribution >= 4 is 17.3 Å². The van der Waals surface area contributed by atoms with E-state index in [1.165, 1.54) is 0 Å². The van der Waals surface area contributed by atoms with Gasteiger partial charge in [-0.15, -0.1) is 0 Å². The van der Waals surface area contributed by atoms with E-state index in [-0.39, 0.29) is 6.01 Å². The zero-order chi connectivity index (χ0) is 10.7. The normalized spacial score (nSPS) is 9.93. The lowest BCUT2D eigenvalue weighted by molar-refractivity contribution is 0.442. The molecule has 4 nitrogen and oxygen atoms in total. The molecule has 5 heteroatoms. The molecule has 1 aromatic heterocycles. The van der Waals surface area contributed by atoms with Crippen LogP contribution in [0.1, 0.15) is 0 Å². The van der Waals surface area contributed by atoms with Crippen LogP contribution < -0.4 is 10.5 Å². The molecule has 2 rings (SSSR count). The van der Waals surface area contributed by atoms with Crippen molar-refractivity contribution in [3.63, 3.8) is 0 Å². The SMILES string of the molecule is Nc1ccc(Cl)c(Oc2ncccn2)c1. The maximum Gasteiger partial charge on any atom is 0.321 e. The first-order chi connectivity index (χ1) is 7.25. The van der Waals surface area contributed by atoms with Gasteiger partial charge >= 0.3 is 6.01 Å². The first kappa shape index (κ1) is 9.73. The molecule has 0 saturated carbocycles. The van der Waals surface area contributed by atoms with E-state index in [2.05, 4.69) is 9.97 Å². The van der Waals surface area contributed by atoms with Gasteiger partial charge in [-0.05, 0) is 18.2 Å². The molecule has 0 atom stereocenters. The molecule has 0 bridgehead atoms. The summed E-state index contributed by atoms with van der Waals surface area (Å²) in [6.07, 6.45) is 3.17. The summed E-state index contributed by atoms with van der Waals surface area (Å²) in [5, 5.41) is 0.469. The van der Waals surface area contributed by atoms with E-state index < -0.39 is 0 Å². The molecule has 0 aliphatic carbocycles. The second kappa shape index (κ2) is 4.14. The van der Waals surface area contributed by atoms with Gasteiger partial charge in [0.15, 0.2) is 5.75 Å². The summed E-state index contributed by atoms with van der Waals surface area (Å²) < 4.78 is 5.36. The van der Waals surface area contributed by atoms with Gasteiger partial charge in [-0.2, -0.15) is 0 Å². The van der Waals surface area contributed by atoms with Crippen LogP contribution in [0.25, 0.3) is 0 Å². The lowest BCUT2D eigenvalue weighted by Crippen LogP contribution is -1.92. The molecule has 76 valence electrons. The van der Waals surface area contributed by atoms with Gasteiger partial charge in [0.05, 0.1) is 5.02 Å². The van der Waals surface area contributed by atoms with E-state index in [9.17, 15) is 0 Å². The number of rotatable bonds is 2. The van der Waals surface area contributed by atoms with E-state index in [1.54, 1.807) is 36.7 Å². The van der Waals surface area contributed by atoms with Crippen molar-refractivity contribution in [3.05, 3.63) is 41.7 Å². The highest BCUT2D eigenvalue weighted by Gasteiger charge is 2.04. The first-order valence-electron chi connectivity index (χ1n) is 4.25. The van der Waals surface area contributed by atoms with Crippen LogP contribution in [0.2, 0.25) is 5.02 Å². The minimum absolute atomic E-state index is 0.241. The van der Waals surface area contributed by atoms with Gasteiger partial charge in [0, 0.05) is 24.1 Å². The number of halogens is 1. The van der Waals surface area contributed by atoms with Crippen molar-refractivity contribution in [1.29, 1.82) is 0 Å². The summed E-state index contributed by atoms with van der Waals surface area (Å²) in [5.41, 5.74) is 6.18. The van der Waals surface area contributed by atoms with Crippen LogP contribution in [-0.4, -0.2) is 9.97 Å². The minimum Gasteiger partial charge on any atom is -0.423 e. The van der Waals surface area contributed by atoms with Gasteiger partial charge in [0.2, 0.25) is 0 Å². The molecular weight excluding hydrogens is 214 g/mol. The number of aromatic nitrogens is 2. The molecule has 0 spiro atoms. The summed E-state index contributed by atoms with van der Waals surface area (Å²) in [4.78, 5) is 7.82. The van der Waals surface area contributed by atoms with Crippen molar-refractivity contribution in [1.82, 2.24) is 9.97 Å². The fourth-order valence-corrected chi connectivity index (χ4v) is 1.19. The van der Waals surface area contributed by atoms with Gasteiger partial charge in [0.25, 0.3) is 0 Å². The molecule has 2 aromatic rings. The summed E-state index contributed by atoms with van der Waals surface area (Å²) in [7, 11) is 0. The average Bonchev–Trinajstić information content (AvgIpc) is 2.25. The zero-order valence-corrected chi connectivity index (χ0v) is 8.48. The molecule has 0 radical (unpaired) electrons. The smallest absolute Gasteiger partial charge is 0.321 e. The van der Waals surface area contributed by atoms with Gasteiger partial charge in [0.1, 0.15) is 0 Å². The monoisotopic (exact) mass is 221 g/mol. The highest BCUT2D eigenvalue weighted by molar-refractivity contribution is 6.32. The summed E-state index contributed by atoms with van der Waals surface area (Å²) >= 11 is 5.91. The van der Waals surface area contributed by atoms with Crippen LogP contribution in [0.3, 0.4) is 0 Å². The molecule has 2 N–H and O–H groups in total. The summed E-state index contributed by atoms with van der Waals surface area (Å²) in [6.45, 7) is 0. The third-order valence-electron chi connectivity index (χ3n) is 1.70. The lowest BCUT2D eigenvalue weighted by atomic mass is 10.3. The Hall–Kier alpha value is -1.81. The van der Waals surface area contributed by atoms with Crippen LogP contribution in [0, 0.1) is 0 Å². The molecular formula is C10H8ClN3O. The maximum absolute atomic E-state index is 5.91. The molecule has 0 aliphatic heterocycles. The summed E-state index contributed by atoms with van der Waals surface area (Å²) in [6, 6.07) is 6.92. The third kappa shape index (κ3) is 2.35. The molecule has 0 fully saturated rings. The zero-order valence-electron chi connectivity index (χ0n) is 7.72. The number of nitrogens with zero attached hydrogens (tertiary/aromatic N) is 2. The van der Waals surface area contributed by atoms with Gasteiger partial charge in [-0.25, -0.2) is 9.97 Å². The Kier molecular flexibility index (Phi) is 2.69. The number of nitrogen functional groups attached to an aromatic ring is 1. The van der Waals surface area contributed by atoms with Crippen molar-refractivity contribution in [3.8, 4) is 11.8 Å². The molecule has 1 aromatic carbocycles. The molecule has 0 amide bonds. The second-order valence-electron chi connectivity index (χ2n) is 2.82. The van der Waals surface area contributed by atoms with Gasteiger partial charge in [-0.3, -0.25) is 0 Å². The quantitative estimate of drug-likeness (QED) is 0.792. The summed E-state index contributed by atoms with van der Waals surface area (Å²) in [5.74, 6) is 0.447. The fourth-order valence-electron chi connectivity index (χ4n) is 1.03. The molecule has 0 aliphatic rings. The number of benzene rings is 1. The van der Waals surface area contributed by atoms with Crippen molar-refractivity contribution in [2.24, 2.45) is 0 Å². The van der Waals surface area contributed by atoms with E-state index in [4.69, 9.17) is 22.1 Å². The topological polar surface area (TPSA) is 61.0 Å². The van der Waals surface area contributed by atoms with Crippen LogP contribution in [0.15, 0.2) is 36.7 Å².